The Morgan fingerprint density at radius 1 is 1.07 bits per heavy atom. The molecule has 4 rings (SSSR count). The zero-order chi connectivity index (χ0) is 20.4. The smallest absolute Gasteiger partial charge is 0.406 e. The number of anilines is 1. The molecule has 0 bridgehead atoms. The molecule has 9 heteroatoms. The lowest BCUT2D eigenvalue weighted by molar-refractivity contribution is -0.274. The molecule has 2 aromatic heterocycles. The molecule has 0 aliphatic heterocycles. The van der Waals surface area contributed by atoms with E-state index in [9.17, 15) is 18.0 Å². The molecule has 1 amide bonds. The lowest BCUT2D eigenvalue weighted by atomic mass is 10.1. The van der Waals surface area contributed by atoms with Crippen molar-refractivity contribution < 1.29 is 22.7 Å². The van der Waals surface area contributed by atoms with Crippen LogP contribution in [0, 0.1) is 0 Å². The highest BCUT2D eigenvalue weighted by molar-refractivity contribution is 7.13. The van der Waals surface area contributed by atoms with Crippen LogP contribution in [0.15, 0.2) is 66.2 Å². The van der Waals surface area contributed by atoms with Gasteiger partial charge >= 0.3 is 6.36 Å². The number of amides is 1. The second-order valence-electron chi connectivity index (χ2n) is 5.94. The number of thiazole rings is 1. The number of fused-ring (bicyclic) bond motifs is 1. The first-order valence-corrected chi connectivity index (χ1v) is 9.24. The Labute approximate surface area is 166 Å². The van der Waals surface area contributed by atoms with Gasteiger partial charge in [-0.05, 0) is 24.3 Å². The van der Waals surface area contributed by atoms with Crippen molar-refractivity contribution in [2.24, 2.45) is 0 Å². The van der Waals surface area contributed by atoms with Crippen molar-refractivity contribution in [1.82, 2.24) is 9.97 Å². The quantitative estimate of drug-likeness (QED) is 0.477. The molecule has 29 heavy (non-hydrogen) atoms. The third kappa shape index (κ3) is 4.35. The average molecular weight is 415 g/mol. The number of pyridine rings is 1. The zero-order valence-corrected chi connectivity index (χ0v) is 15.4. The van der Waals surface area contributed by atoms with Crippen LogP contribution in [0.3, 0.4) is 0 Å². The van der Waals surface area contributed by atoms with Crippen molar-refractivity contribution in [3.8, 4) is 17.0 Å². The molecule has 0 aliphatic carbocycles. The van der Waals surface area contributed by atoms with Crippen LogP contribution < -0.4 is 10.1 Å². The molecule has 2 heterocycles. The number of carbonyl (C=O) groups excluding carboxylic acids is 1. The highest BCUT2D eigenvalue weighted by Crippen LogP contribution is 2.29. The number of halogens is 3. The maximum absolute atomic E-state index is 12.7. The van der Waals surface area contributed by atoms with Gasteiger partial charge < -0.3 is 4.74 Å². The lowest BCUT2D eigenvalue weighted by Gasteiger charge is -2.11. The van der Waals surface area contributed by atoms with Crippen LogP contribution in [0.1, 0.15) is 10.4 Å². The predicted molar refractivity (Wildman–Crippen MR) is 104 cm³/mol. The van der Waals surface area contributed by atoms with Crippen molar-refractivity contribution in [3.63, 3.8) is 0 Å². The molecule has 0 aliphatic rings. The van der Waals surface area contributed by atoms with Crippen molar-refractivity contribution in [1.29, 1.82) is 0 Å². The van der Waals surface area contributed by atoms with Gasteiger partial charge in [0.1, 0.15) is 5.75 Å². The number of alkyl halides is 3. The lowest BCUT2D eigenvalue weighted by Crippen LogP contribution is -2.17. The van der Waals surface area contributed by atoms with E-state index in [0.717, 1.165) is 5.39 Å². The first kappa shape index (κ1) is 18.9. The highest BCUT2D eigenvalue weighted by atomic mass is 32.1. The third-order valence-electron chi connectivity index (χ3n) is 3.98. The predicted octanol–water partition coefficient (Wildman–Crippen LogP) is 5.51. The molecule has 2 aromatic carbocycles. The fraction of sp³-hybridized carbons (Fsp3) is 0.0500. The SMILES string of the molecule is O=C(Nc1nccs1)c1cccc2ccc(-c3cccc(OC(F)(F)F)c3)nc12. The molecule has 0 atom stereocenters. The van der Waals surface area contributed by atoms with Crippen LogP contribution in [0.25, 0.3) is 22.2 Å². The van der Waals surface area contributed by atoms with Gasteiger partial charge in [-0.25, -0.2) is 9.97 Å². The van der Waals surface area contributed by atoms with E-state index in [-0.39, 0.29) is 11.7 Å². The van der Waals surface area contributed by atoms with Crippen LogP contribution >= 0.6 is 11.3 Å². The van der Waals surface area contributed by atoms with Crippen molar-refractivity contribution >= 4 is 33.3 Å². The van der Waals surface area contributed by atoms with Gasteiger partial charge in [0.25, 0.3) is 5.91 Å². The minimum atomic E-state index is -4.78. The van der Waals surface area contributed by atoms with Crippen molar-refractivity contribution in [2.45, 2.75) is 6.36 Å². The molecule has 0 spiro atoms. The number of nitrogens with one attached hydrogen (secondary N) is 1. The van der Waals surface area contributed by atoms with E-state index >= 15 is 0 Å². The largest absolute Gasteiger partial charge is 0.573 e. The molecule has 4 aromatic rings. The summed E-state index contributed by atoms with van der Waals surface area (Å²) in [5.74, 6) is -0.712. The Kier molecular flexibility index (Phi) is 4.89. The van der Waals surface area contributed by atoms with Crippen LogP contribution in [-0.4, -0.2) is 22.2 Å². The summed E-state index contributed by atoms with van der Waals surface area (Å²) in [6.45, 7) is 0. The fourth-order valence-corrected chi connectivity index (χ4v) is 3.32. The van der Waals surface area contributed by atoms with E-state index in [4.69, 9.17) is 0 Å². The minimum absolute atomic E-state index is 0.335. The van der Waals surface area contributed by atoms with Crippen molar-refractivity contribution in [3.05, 3.63) is 71.7 Å². The second kappa shape index (κ2) is 7.51. The number of carbonyl (C=O) groups is 1. The molecule has 0 fully saturated rings. The Morgan fingerprint density at radius 3 is 2.66 bits per heavy atom. The second-order valence-corrected chi connectivity index (χ2v) is 6.84. The number of hydrogen-bond donors (Lipinski definition) is 1. The van der Waals surface area contributed by atoms with Gasteiger partial charge in [0.2, 0.25) is 0 Å². The fourth-order valence-electron chi connectivity index (χ4n) is 2.79. The summed E-state index contributed by atoms with van der Waals surface area (Å²) in [7, 11) is 0. The van der Waals surface area contributed by atoms with Crippen LogP contribution in [0.2, 0.25) is 0 Å². The van der Waals surface area contributed by atoms with Gasteiger partial charge in [0.15, 0.2) is 5.13 Å². The number of benzene rings is 2. The Hall–Kier alpha value is -3.46. The number of nitrogens with zero attached hydrogens (tertiary/aromatic N) is 2. The summed E-state index contributed by atoms with van der Waals surface area (Å²) in [5.41, 5.74) is 1.62. The monoisotopic (exact) mass is 415 g/mol. The molecule has 146 valence electrons. The van der Waals surface area contributed by atoms with Crippen LogP contribution in [-0.2, 0) is 0 Å². The topological polar surface area (TPSA) is 64.1 Å². The maximum atomic E-state index is 12.7. The average Bonchev–Trinajstić information content (AvgIpc) is 3.19. The van der Waals surface area contributed by atoms with Gasteiger partial charge in [0, 0.05) is 22.5 Å². The summed E-state index contributed by atoms with van der Waals surface area (Å²) < 4.78 is 41.5. The highest BCUT2D eigenvalue weighted by Gasteiger charge is 2.31. The first-order chi connectivity index (χ1) is 13.9. The Morgan fingerprint density at radius 2 is 1.90 bits per heavy atom. The Balaban J connectivity index is 1.72. The number of aromatic nitrogens is 2. The summed E-state index contributed by atoms with van der Waals surface area (Å²) >= 11 is 1.29. The van der Waals surface area contributed by atoms with Crippen LogP contribution in [0.5, 0.6) is 5.75 Å². The number of para-hydroxylation sites is 1. The molecular formula is C20H12F3N3O2S. The molecular weight excluding hydrogens is 403 g/mol. The van der Waals surface area contributed by atoms with E-state index in [2.05, 4.69) is 20.0 Å². The first-order valence-electron chi connectivity index (χ1n) is 8.36. The van der Waals surface area contributed by atoms with Gasteiger partial charge in [-0.2, -0.15) is 0 Å². The minimum Gasteiger partial charge on any atom is -0.406 e. The number of ether oxygens (including phenoxy) is 1. The summed E-state index contributed by atoms with van der Waals surface area (Å²) in [6.07, 6.45) is -3.20. The Bertz CT molecular complexity index is 1180. The number of hydrogen-bond acceptors (Lipinski definition) is 5. The molecule has 0 radical (unpaired) electrons. The van der Waals surface area contributed by atoms with E-state index in [1.165, 1.54) is 29.5 Å². The molecule has 0 unspecified atom stereocenters. The van der Waals surface area contributed by atoms with E-state index in [0.29, 0.717) is 27.5 Å². The van der Waals surface area contributed by atoms with Gasteiger partial charge in [-0.3, -0.25) is 10.1 Å². The standard InChI is InChI=1S/C20H12F3N3O2S/c21-20(22,23)28-14-5-1-4-13(11-14)16-8-7-12-3-2-6-15(17(12)25-16)18(27)26-19-24-9-10-29-19/h1-11H,(H,24,26,27). The maximum Gasteiger partial charge on any atom is 0.573 e. The normalized spacial score (nSPS) is 11.4. The molecule has 5 nitrogen and oxygen atoms in total. The van der Waals surface area contributed by atoms with Crippen molar-refractivity contribution in [2.75, 3.05) is 5.32 Å². The van der Waals surface area contributed by atoms with E-state index < -0.39 is 6.36 Å². The zero-order valence-electron chi connectivity index (χ0n) is 14.6. The van der Waals surface area contributed by atoms with Gasteiger partial charge in [-0.15, -0.1) is 24.5 Å². The summed E-state index contributed by atoms with van der Waals surface area (Å²) in [5, 5.41) is 5.63. The third-order valence-corrected chi connectivity index (χ3v) is 4.67. The van der Waals surface area contributed by atoms with Crippen LogP contribution in [0.4, 0.5) is 18.3 Å². The number of rotatable bonds is 4. The van der Waals surface area contributed by atoms with Gasteiger partial charge in [0.05, 0.1) is 16.8 Å². The van der Waals surface area contributed by atoms with Gasteiger partial charge in [-0.1, -0.05) is 30.3 Å². The van der Waals surface area contributed by atoms with E-state index in [1.807, 2.05) is 0 Å². The van der Waals surface area contributed by atoms with E-state index in [1.54, 1.807) is 48.0 Å². The molecule has 0 saturated heterocycles. The molecule has 1 N–H and O–H groups in total. The molecule has 0 saturated carbocycles. The summed E-state index contributed by atoms with van der Waals surface area (Å²) in [4.78, 5) is 21.2. The summed E-state index contributed by atoms with van der Waals surface area (Å²) in [6, 6.07) is 14.1.